The molecule has 0 atom stereocenters. The summed E-state index contributed by atoms with van der Waals surface area (Å²) in [6, 6.07) is 8.38. The molecule has 0 saturated carbocycles. The number of rotatable bonds is 7. The van der Waals surface area contributed by atoms with Crippen molar-refractivity contribution in [1.82, 2.24) is 19.8 Å². The zero-order valence-corrected chi connectivity index (χ0v) is 18.4. The summed E-state index contributed by atoms with van der Waals surface area (Å²) in [6.07, 6.45) is 2.08. The molecule has 30 heavy (non-hydrogen) atoms. The van der Waals surface area contributed by atoms with Crippen molar-refractivity contribution in [3.63, 3.8) is 0 Å². The Morgan fingerprint density at radius 2 is 1.67 bits per heavy atom. The number of nitrogens with zero attached hydrogens (tertiary/aromatic N) is 5. The third-order valence-corrected chi connectivity index (χ3v) is 5.54. The van der Waals surface area contributed by atoms with E-state index in [9.17, 15) is 9.18 Å². The topological polar surface area (TPSA) is 52.6 Å². The first-order valence-corrected chi connectivity index (χ1v) is 10.6. The summed E-state index contributed by atoms with van der Waals surface area (Å²) in [5.74, 6) is 0.602. The molecule has 7 heteroatoms. The first-order valence-electron chi connectivity index (χ1n) is 10.6. The van der Waals surface area contributed by atoms with Crippen LogP contribution in [0.1, 0.15) is 29.8 Å². The van der Waals surface area contributed by atoms with Crippen LogP contribution in [0.25, 0.3) is 0 Å². The molecule has 0 aliphatic carbocycles. The fourth-order valence-electron chi connectivity index (χ4n) is 3.92. The molecule has 1 aliphatic rings. The summed E-state index contributed by atoms with van der Waals surface area (Å²) in [6.45, 7) is 7.14. The van der Waals surface area contributed by atoms with Gasteiger partial charge in [0.25, 0.3) is 0 Å². The van der Waals surface area contributed by atoms with Crippen LogP contribution >= 0.6 is 0 Å². The van der Waals surface area contributed by atoms with Gasteiger partial charge in [0, 0.05) is 43.6 Å². The van der Waals surface area contributed by atoms with E-state index in [1.54, 1.807) is 12.1 Å². The molecular formula is C23H32FN5O. The molecule has 2 aromatic rings. The normalized spacial score (nSPS) is 14.9. The van der Waals surface area contributed by atoms with Gasteiger partial charge in [0.2, 0.25) is 11.9 Å². The molecular weight excluding hydrogens is 381 g/mol. The third-order valence-electron chi connectivity index (χ3n) is 5.54. The predicted molar refractivity (Wildman–Crippen MR) is 117 cm³/mol. The van der Waals surface area contributed by atoms with Crippen LogP contribution in [0, 0.1) is 19.7 Å². The van der Waals surface area contributed by atoms with E-state index in [0.29, 0.717) is 13.0 Å². The Labute approximate surface area is 178 Å². The fourth-order valence-corrected chi connectivity index (χ4v) is 3.92. The van der Waals surface area contributed by atoms with Crippen molar-refractivity contribution in [2.24, 2.45) is 0 Å². The van der Waals surface area contributed by atoms with Gasteiger partial charge in [-0.25, -0.2) is 14.4 Å². The molecule has 6 nitrogen and oxygen atoms in total. The van der Waals surface area contributed by atoms with Gasteiger partial charge >= 0.3 is 0 Å². The Balaban J connectivity index is 1.66. The van der Waals surface area contributed by atoms with Crippen LogP contribution in [-0.2, 0) is 11.2 Å². The largest absolute Gasteiger partial charge is 0.341 e. The Morgan fingerprint density at radius 3 is 2.23 bits per heavy atom. The number of anilines is 1. The minimum Gasteiger partial charge on any atom is -0.341 e. The highest BCUT2D eigenvalue weighted by Gasteiger charge is 2.29. The molecule has 0 spiro atoms. The van der Waals surface area contributed by atoms with E-state index in [-0.39, 0.29) is 17.8 Å². The second-order valence-electron chi connectivity index (χ2n) is 8.36. The quantitative estimate of drug-likeness (QED) is 0.699. The van der Waals surface area contributed by atoms with Gasteiger partial charge in [-0.1, -0.05) is 12.1 Å². The average molecular weight is 414 g/mol. The zero-order valence-electron chi connectivity index (χ0n) is 18.4. The Kier molecular flexibility index (Phi) is 7.37. The van der Waals surface area contributed by atoms with E-state index in [1.165, 1.54) is 12.1 Å². The van der Waals surface area contributed by atoms with Crippen LogP contribution in [0.3, 0.4) is 0 Å². The van der Waals surface area contributed by atoms with Crippen LogP contribution in [0.5, 0.6) is 0 Å². The minimum atomic E-state index is -0.281. The van der Waals surface area contributed by atoms with Gasteiger partial charge in [-0.3, -0.25) is 4.79 Å². The average Bonchev–Trinajstić information content (AvgIpc) is 2.69. The molecule has 3 rings (SSSR count). The maximum atomic E-state index is 13.2. The van der Waals surface area contributed by atoms with E-state index < -0.39 is 0 Å². The summed E-state index contributed by atoms with van der Waals surface area (Å²) in [5.41, 5.74) is 2.79. The number of halogens is 1. The van der Waals surface area contributed by atoms with E-state index in [0.717, 1.165) is 55.4 Å². The Hall–Kier alpha value is -2.54. The standard InChI is InChI=1S/C23H32FN5O/c1-17-15-18(2)26-23(25-17)28-11-9-21(10-12-28)29(14-13-27(3)4)22(30)16-19-5-7-20(24)8-6-19/h5-8,15,21H,9-14,16H2,1-4H3. The van der Waals surface area contributed by atoms with Gasteiger partial charge in [0.15, 0.2) is 0 Å². The van der Waals surface area contributed by atoms with Crippen molar-refractivity contribution in [3.05, 3.63) is 53.1 Å². The van der Waals surface area contributed by atoms with Crippen LogP contribution in [0.15, 0.2) is 30.3 Å². The van der Waals surface area contributed by atoms with Crippen molar-refractivity contribution in [1.29, 1.82) is 0 Å². The Morgan fingerprint density at radius 1 is 1.07 bits per heavy atom. The highest BCUT2D eigenvalue weighted by molar-refractivity contribution is 5.79. The van der Waals surface area contributed by atoms with Gasteiger partial charge in [0.1, 0.15) is 5.82 Å². The lowest BCUT2D eigenvalue weighted by atomic mass is 10.0. The summed E-state index contributed by atoms with van der Waals surface area (Å²) in [5, 5.41) is 0. The van der Waals surface area contributed by atoms with Crippen molar-refractivity contribution < 1.29 is 9.18 Å². The van der Waals surface area contributed by atoms with Crippen LogP contribution in [0.4, 0.5) is 10.3 Å². The maximum absolute atomic E-state index is 13.2. The molecule has 2 heterocycles. The molecule has 0 radical (unpaired) electrons. The number of benzene rings is 1. The van der Waals surface area contributed by atoms with Gasteiger partial charge in [-0.05, 0) is 64.5 Å². The number of aromatic nitrogens is 2. The zero-order chi connectivity index (χ0) is 21.7. The lowest BCUT2D eigenvalue weighted by Crippen LogP contribution is -2.50. The molecule has 1 fully saturated rings. The van der Waals surface area contributed by atoms with Crippen LogP contribution in [-0.4, -0.2) is 72.0 Å². The number of carbonyl (C=O) groups is 1. The van der Waals surface area contributed by atoms with Gasteiger partial charge in [0.05, 0.1) is 6.42 Å². The number of aryl methyl sites for hydroxylation is 2. The van der Waals surface area contributed by atoms with Crippen molar-refractivity contribution in [2.75, 3.05) is 45.2 Å². The smallest absolute Gasteiger partial charge is 0.227 e. The lowest BCUT2D eigenvalue weighted by molar-refractivity contribution is -0.133. The van der Waals surface area contributed by atoms with E-state index >= 15 is 0 Å². The maximum Gasteiger partial charge on any atom is 0.227 e. The second kappa shape index (κ2) is 9.98. The lowest BCUT2D eigenvalue weighted by Gasteiger charge is -2.39. The number of hydrogen-bond acceptors (Lipinski definition) is 5. The Bertz CT molecular complexity index is 827. The van der Waals surface area contributed by atoms with Gasteiger partial charge in [-0.2, -0.15) is 0 Å². The van der Waals surface area contributed by atoms with Crippen molar-refractivity contribution in [2.45, 2.75) is 39.2 Å². The van der Waals surface area contributed by atoms with Crippen molar-refractivity contribution >= 4 is 11.9 Å². The first-order chi connectivity index (χ1) is 14.3. The SMILES string of the molecule is Cc1cc(C)nc(N2CCC(N(CCN(C)C)C(=O)Cc3ccc(F)cc3)CC2)n1. The molecule has 1 amide bonds. The van der Waals surface area contributed by atoms with E-state index in [4.69, 9.17) is 0 Å². The van der Waals surface area contributed by atoms with Gasteiger partial charge < -0.3 is 14.7 Å². The second-order valence-corrected chi connectivity index (χ2v) is 8.36. The molecule has 1 aliphatic heterocycles. The van der Waals surface area contributed by atoms with E-state index in [1.807, 2.05) is 38.9 Å². The van der Waals surface area contributed by atoms with Crippen LogP contribution < -0.4 is 4.90 Å². The van der Waals surface area contributed by atoms with E-state index in [2.05, 4.69) is 19.8 Å². The predicted octanol–water partition coefficient (Wildman–Crippen LogP) is 2.83. The van der Waals surface area contributed by atoms with Crippen LogP contribution in [0.2, 0.25) is 0 Å². The molecule has 162 valence electrons. The van der Waals surface area contributed by atoms with Crippen molar-refractivity contribution in [3.8, 4) is 0 Å². The molecule has 1 saturated heterocycles. The first kappa shape index (κ1) is 22.2. The number of piperidine rings is 1. The highest BCUT2D eigenvalue weighted by Crippen LogP contribution is 2.21. The number of carbonyl (C=O) groups excluding carboxylic acids is 1. The summed E-state index contributed by atoms with van der Waals surface area (Å²) < 4.78 is 13.2. The summed E-state index contributed by atoms with van der Waals surface area (Å²) in [7, 11) is 4.03. The highest BCUT2D eigenvalue weighted by atomic mass is 19.1. The molecule has 0 N–H and O–H groups in total. The van der Waals surface area contributed by atoms with Gasteiger partial charge in [-0.15, -0.1) is 0 Å². The molecule has 0 unspecified atom stereocenters. The molecule has 1 aromatic carbocycles. The fraction of sp³-hybridized carbons (Fsp3) is 0.522. The minimum absolute atomic E-state index is 0.101. The summed E-state index contributed by atoms with van der Waals surface area (Å²) in [4.78, 5) is 28.6. The third kappa shape index (κ3) is 5.98. The number of likely N-dealkylation sites (N-methyl/N-ethyl adjacent to an activating group) is 1. The molecule has 0 bridgehead atoms. The summed E-state index contributed by atoms with van der Waals surface area (Å²) >= 11 is 0. The monoisotopic (exact) mass is 413 g/mol. The number of hydrogen-bond donors (Lipinski definition) is 0. The number of amides is 1. The molecule has 1 aromatic heterocycles.